The molecule has 0 aliphatic carbocycles. The van der Waals surface area contributed by atoms with Crippen LogP contribution in [0.5, 0.6) is 0 Å². The smallest absolute Gasteiger partial charge is 0.0397 e. The fourth-order valence-electron chi connectivity index (χ4n) is 9.88. The molecule has 0 amide bonds. The van der Waals surface area contributed by atoms with Crippen LogP contribution in [0.1, 0.15) is 153 Å². The van der Waals surface area contributed by atoms with Crippen LogP contribution in [0.15, 0.2) is 24.3 Å². The van der Waals surface area contributed by atoms with E-state index >= 15 is 0 Å². The van der Waals surface area contributed by atoms with E-state index in [0.717, 1.165) is 0 Å². The van der Waals surface area contributed by atoms with Crippen molar-refractivity contribution in [3.8, 4) is 0 Å². The average Bonchev–Trinajstić information content (AvgIpc) is 3.91. The highest BCUT2D eigenvalue weighted by Crippen LogP contribution is 2.59. The van der Waals surface area contributed by atoms with Gasteiger partial charge in [0, 0.05) is 80.7 Å². The maximum absolute atomic E-state index is 2.52. The molecule has 0 aliphatic heterocycles. The van der Waals surface area contributed by atoms with Crippen molar-refractivity contribution in [3.05, 3.63) is 46.5 Å². The Kier molecular flexibility index (Phi) is 10.3. The van der Waals surface area contributed by atoms with Gasteiger partial charge in [-0.2, -0.15) is 0 Å². The summed E-state index contributed by atoms with van der Waals surface area (Å²) in [5.41, 5.74) is 6.87. The van der Waals surface area contributed by atoms with Crippen molar-refractivity contribution < 1.29 is 0 Å². The van der Waals surface area contributed by atoms with Crippen LogP contribution in [-0.4, -0.2) is 0 Å². The molecule has 4 heterocycles. The molecule has 4 heteroatoms. The van der Waals surface area contributed by atoms with E-state index in [2.05, 4.69) is 97.3 Å². The van der Waals surface area contributed by atoms with Gasteiger partial charge in [-0.15, -0.1) is 45.3 Å². The van der Waals surface area contributed by atoms with Gasteiger partial charge in [0.05, 0.1) is 0 Å². The van der Waals surface area contributed by atoms with Gasteiger partial charge in [0.25, 0.3) is 0 Å². The Balaban J connectivity index is 1.41. The number of rotatable bonds is 20. The summed E-state index contributed by atoms with van der Waals surface area (Å²) >= 11 is 8.59. The van der Waals surface area contributed by atoms with Crippen molar-refractivity contribution in [1.82, 2.24) is 0 Å². The molecule has 0 bridgehead atoms. The molecule has 0 nitrogen and oxygen atoms in total. The van der Waals surface area contributed by atoms with Crippen molar-refractivity contribution in [2.24, 2.45) is 0 Å². The molecule has 0 saturated heterocycles. The van der Waals surface area contributed by atoms with Crippen molar-refractivity contribution in [2.45, 2.75) is 156 Å². The molecule has 4 aromatic heterocycles. The van der Waals surface area contributed by atoms with Crippen LogP contribution in [0.2, 0.25) is 0 Å². The first-order chi connectivity index (χ1) is 25.7. The lowest BCUT2D eigenvalue weighted by Gasteiger charge is -2.16. The number of hydrogen-bond acceptors (Lipinski definition) is 4. The number of benzene rings is 4. The van der Waals surface area contributed by atoms with Gasteiger partial charge >= 0.3 is 0 Å². The molecule has 0 spiro atoms. The van der Waals surface area contributed by atoms with Crippen molar-refractivity contribution >= 4 is 126 Å². The van der Waals surface area contributed by atoms with Crippen LogP contribution in [0, 0.1) is 0 Å². The summed E-state index contributed by atoms with van der Waals surface area (Å²) in [4.78, 5) is 0. The molecule has 5 aromatic carbocycles. The Morgan fingerprint density at radius 1 is 0.288 bits per heavy atom. The quantitative estimate of drug-likeness (QED) is 0.0679. The highest BCUT2D eigenvalue weighted by Gasteiger charge is 2.30. The molecule has 9 aromatic rings. The lowest BCUT2D eigenvalue weighted by molar-refractivity contribution is 0.654. The molecule has 9 rings (SSSR count). The largest absolute Gasteiger partial charge is 0.135 e. The maximum atomic E-state index is 2.52. The predicted molar refractivity (Wildman–Crippen MR) is 243 cm³/mol. The Hall–Kier alpha value is -2.24. The average molecular weight is 761 g/mol. The molecule has 0 aliphatic rings. The van der Waals surface area contributed by atoms with Crippen molar-refractivity contribution in [1.29, 1.82) is 0 Å². The van der Waals surface area contributed by atoms with E-state index in [-0.39, 0.29) is 0 Å². The maximum Gasteiger partial charge on any atom is 0.0397 e. The Morgan fingerprint density at radius 3 is 0.731 bits per heavy atom. The van der Waals surface area contributed by atoms with Crippen molar-refractivity contribution in [3.63, 3.8) is 0 Å². The predicted octanol–water partition coefficient (Wildman–Crippen LogP) is 18.0. The van der Waals surface area contributed by atoms with Gasteiger partial charge in [-0.05, 0) is 97.9 Å². The summed E-state index contributed by atoms with van der Waals surface area (Å²) in [7, 11) is 0. The third-order valence-corrected chi connectivity index (χ3v) is 17.3. The molecule has 0 fully saturated rings. The topological polar surface area (TPSA) is 0 Å². The van der Waals surface area contributed by atoms with E-state index in [1.54, 1.807) is 84.1 Å². The molecule has 52 heavy (non-hydrogen) atoms. The lowest BCUT2D eigenvalue weighted by Crippen LogP contribution is -1.98. The number of unbranched alkanes of at least 4 members (excludes halogenated alkanes) is 12. The first-order valence-electron chi connectivity index (χ1n) is 21.2. The van der Waals surface area contributed by atoms with Crippen LogP contribution in [0.4, 0.5) is 0 Å². The number of thiophene rings is 4. The van der Waals surface area contributed by atoms with Gasteiger partial charge in [0.1, 0.15) is 0 Å². The normalized spacial score (nSPS) is 13.0. The molecule has 272 valence electrons. The summed E-state index contributed by atoms with van der Waals surface area (Å²) in [5.74, 6) is 0. The van der Waals surface area contributed by atoms with E-state index in [1.807, 2.05) is 0 Å². The minimum atomic E-state index is 1.23. The Bertz CT molecular complexity index is 2220. The zero-order chi connectivity index (χ0) is 35.3. The van der Waals surface area contributed by atoms with Crippen LogP contribution < -0.4 is 0 Å². The number of hydrogen-bond donors (Lipinski definition) is 0. The Labute approximate surface area is 326 Å². The molecule has 0 radical (unpaired) electrons. The van der Waals surface area contributed by atoms with E-state index in [9.17, 15) is 0 Å². The molecule has 0 N–H and O–H groups in total. The molecule has 0 saturated carbocycles. The van der Waals surface area contributed by atoms with Gasteiger partial charge in [0.2, 0.25) is 0 Å². The highest BCUT2D eigenvalue weighted by molar-refractivity contribution is 7.31. The molecule has 0 atom stereocenters. The Morgan fingerprint density at radius 2 is 0.519 bits per heavy atom. The summed E-state index contributed by atoms with van der Waals surface area (Å²) in [6, 6.07) is 10.1. The standard InChI is InChI=1S/C48H56S4/c1-5-9-13-17-21-29-30(22-18-14-10-6-2)46-42-39-34(50-46)27-28-36-40(39)44-43-38-35(26-25-33-37(38)41(42)45(29)49-33)51-47(43)31(23-19-15-11-7-3)32(48(44)52-36)24-20-16-12-8-4/h25-28H,5-24H2,1-4H3. The fraction of sp³-hybridized carbons (Fsp3) is 0.500. The van der Waals surface area contributed by atoms with Gasteiger partial charge in [0.15, 0.2) is 0 Å². The van der Waals surface area contributed by atoms with Gasteiger partial charge in [-0.1, -0.05) is 105 Å². The minimum absolute atomic E-state index is 1.23. The van der Waals surface area contributed by atoms with Gasteiger partial charge < -0.3 is 0 Å². The first-order valence-corrected chi connectivity index (χ1v) is 24.5. The van der Waals surface area contributed by atoms with Crippen LogP contribution in [0.3, 0.4) is 0 Å². The summed E-state index contributed by atoms with van der Waals surface area (Å²) in [5, 5.41) is 12.9. The highest BCUT2D eigenvalue weighted by atomic mass is 32.1. The third kappa shape index (κ3) is 5.67. The molecular weight excluding hydrogens is 705 g/mol. The van der Waals surface area contributed by atoms with Crippen LogP contribution >= 0.6 is 45.3 Å². The zero-order valence-electron chi connectivity index (χ0n) is 32.1. The second-order valence-electron chi connectivity index (χ2n) is 16.0. The van der Waals surface area contributed by atoms with E-state index in [0.29, 0.717) is 0 Å². The van der Waals surface area contributed by atoms with E-state index in [4.69, 9.17) is 0 Å². The van der Waals surface area contributed by atoms with Crippen molar-refractivity contribution in [2.75, 3.05) is 0 Å². The monoisotopic (exact) mass is 760 g/mol. The van der Waals surface area contributed by atoms with Gasteiger partial charge in [-0.3, -0.25) is 0 Å². The first kappa shape index (κ1) is 35.5. The number of aryl methyl sites for hydroxylation is 4. The SMILES string of the molecule is CCCCCCc1c(CCCCCC)c2sc3ccc4sc5c(CCCCCC)c(CCCCCC)c6sc7ccc8sc1c1c8c7c6c5c4c3c21. The minimum Gasteiger partial charge on any atom is -0.135 e. The van der Waals surface area contributed by atoms with E-state index < -0.39 is 0 Å². The third-order valence-electron chi connectivity index (χ3n) is 12.5. The second kappa shape index (κ2) is 15.1. The van der Waals surface area contributed by atoms with E-state index in [1.165, 1.54) is 147 Å². The summed E-state index contributed by atoms with van der Waals surface area (Å²) < 4.78 is 12.6. The lowest BCUT2D eigenvalue weighted by atomic mass is 9.87. The molecular formula is C48H56S4. The summed E-state index contributed by atoms with van der Waals surface area (Å²) in [6.07, 6.45) is 26.2. The fourth-order valence-corrected chi connectivity index (χ4v) is 15.2. The molecule has 0 unspecified atom stereocenters. The van der Waals surface area contributed by atoms with Gasteiger partial charge in [-0.25, -0.2) is 0 Å². The second-order valence-corrected chi connectivity index (χ2v) is 20.2. The zero-order valence-corrected chi connectivity index (χ0v) is 35.4. The van der Waals surface area contributed by atoms with Crippen LogP contribution in [-0.2, 0) is 25.7 Å². The van der Waals surface area contributed by atoms with Crippen LogP contribution in [0.25, 0.3) is 80.7 Å². The summed E-state index contributed by atoms with van der Waals surface area (Å²) in [6.45, 7) is 9.40.